The molecule has 2 rings (SSSR count). The highest BCUT2D eigenvalue weighted by Crippen LogP contribution is 2.15. The molecule has 1 aliphatic rings. The van der Waals surface area contributed by atoms with Gasteiger partial charge in [-0.15, -0.1) is 0 Å². The minimum Gasteiger partial charge on any atom is -0.364 e. The summed E-state index contributed by atoms with van der Waals surface area (Å²) in [5, 5.41) is 5.80. The largest absolute Gasteiger partial charge is 0.364 e. The van der Waals surface area contributed by atoms with Gasteiger partial charge in [-0.05, 0) is 6.42 Å². The number of piperidine rings is 1. The highest BCUT2D eigenvalue weighted by molar-refractivity contribution is 6.32. The molecule has 1 unspecified atom stereocenters. The topological polar surface area (TPSA) is 86.9 Å². The van der Waals surface area contributed by atoms with Crippen LogP contribution in [0.3, 0.4) is 0 Å². The van der Waals surface area contributed by atoms with E-state index in [1.807, 2.05) is 0 Å². The van der Waals surface area contributed by atoms with Crippen molar-refractivity contribution in [3.05, 3.63) is 21.7 Å². The molecule has 0 radical (unpaired) electrons. The molecule has 1 saturated heterocycles. The second kappa shape index (κ2) is 4.52. The number of hydrogen-bond donors (Lipinski definition) is 3. The van der Waals surface area contributed by atoms with Crippen LogP contribution >= 0.6 is 11.6 Å². The third-order valence-electron chi connectivity index (χ3n) is 2.40. The summed E-state index contributed by atoms with van der Waals surface area (Å²) >= 11 is 5.79. The lowest BCUT2D eigenvalue weighted by Crippen LogP contribution is -2.42. The fourth-order valence-electron chi connectivity index (χ4n) is 1.53. The van der Waals surface area contributed by atoms with Gasteiger partial charge in [0.1, 0.15) is 5.02 Å². The lowest BCUT2D eigenvalue weighted by Gasteiger charge is -2.23. The average molecular weight is 243 g/mol. The van der Waals surface area contributed by atoms with Crippen LogP contribution in [0.15, 0.2) is 11.1 Å². The molecule has 0 saturated carbocycles. The zero-order valence-electron chi connectivity index (χ0n) is 8.42. The Balaban J connectivity index is 2.07. The number of aromatic amines is 1. The number of anilines is 1. The molecule has 0 aliphatic carbocycles. The van der Waals surface area contributed by atoms with E-state index in [0.717, 1.165) is 0 Å². The highest BCUT2D eigenvalue weighted by atomic mass is 35.5. The van der Waals surface area contributed by atoms with E-state index in [1.54, 1.807) is 0 Å². The monoisotopic (exact) mass is 242 g/mol. The first kappa shape index (κ1) is 10.9. The first-order valence-electron chi connectivity index (χ1n) is 4.93. The van der Waals surface area contributed by atoms with E-state index in [-0.39, 0.29) is 22.5 Å². The lowest BCUT2D eigenvalue weighted by atomic mass is 10.1. The second-order valence-electron chi connectivity index (χ2n) is 3.58. The van der Waals surface area contributed by atoms with Crippen molar-refractivity contribution in [2.45, 2.75) is 18.9 Å². The number of amides is 1. The molecule has 0 bridgehead atoms. The Morgan fingerprint density at radius 1 is 1.50 bits per heavy atom. The van der Waals surface area contributed by atoms with Crippen LogP contribution in [0.5, 0.6) is 0 Å². The van der Waals surface area contributed by atoms with Gasteiger partial charge in [0.05, 0.1) is 6.33 Å². The standard InChI is InChI=1S/C9H11ClN4O2/c10-7-8(12-4-13-9(7)16)14-5-1-2-6(15)11-3-5/h4-5H,1-3H2,(H,11,15)(H2,12,13,14,16). The summed E-state index contributed by atoms with van der Waals surface area (Å²) in [5.74, 6) is 0.398. The van der Waals surface area contributed by atoms with Gasteiger partial charge in [-0.3, -0.25) is 9.59 Å². The van der Waals surface area contributed by atoms with Gasteiger partial charge in [0.15, 0.2) is 5.82 Å². The van der Waals surface area contributed by atoms with E-state index in [0.29, 0.717) is 25.2 Å². The van der Waals surface area contributed by atoms with Gasteiger partial charge in [0.2, 0.25) is 5.91 Å². The van der Waals surface area contributed by atoms with Crippen LogP contribution in [0.1, 0.15) is 12.8 Å². The van der Waals surface area contributed by atoms with Crippen LogP contribution in [0.25, 0.3) is 0 Å². The maximum absolute atomic E-state index is 11.2. The fourth-order valence-corrected chi connectivity index (χ4v) is 1.69. The van der Waals surface area contributed by atoms with Crippen LogP contribution < -0.4 is 16.2 Å². The molecule has 0 spiro atoms. The van der Waals surface area contributed by atoms with Crippen molar-refractivity contribution in [2.75, 3.05) is 11.9 Å². The molecule has 1 fully saturated rings. The van der Waals surface area contributed by atoms with Crippen LogP contribution in [-0.2, 0) is 4.79 Å². The summed E-state index contributed by atoms with van der Waals surface area (Å²) in [5.41, 5.74) is -0.376. The van der Waals surface area contributed by atoms with Gasteiger partial charge in [-0.1, -0.05) is 11.6 Å². The molecular formula is C9H11ClN4O2. The van der Waals surface area contributed by atoms with Crippen molar-refractivity contribution >= 4 is 23.3 Å². The van der Waals surface area contributed by atoms with Crippen molar-refractivity contribution < 1.29 is 4.79 Å². The Bertz CT molecular complexity index is 449. The van der Waals surface area contributed by atoms with Gasteiger partial charge in [-0.25, -0.2) is 4.98 Å². The van der Waals surface area contributed by atoms with Crippen LogP contribution in [0.4, 0.5) is 5.82 Å². The third kappa shape index (κ3) is 2.33. The Hall–Kier alpha value is -1.56. The van der Waals surface area contributed by atoms with Crippen molar-refractivity contribution in [3.63, 3.8) is 0 Å². The zero-order valence-corrected chi connectivity index (χ0v) is 9.17. The summed E-state index contributed by atoms with van der Waals surface area (Å²) in [4.78, 5) is 28.5. The molecule has 1 atom stereocenters. The Morgan fingerprint density at radius 2 is 2.31 bits per heavy atom. The summed E-state index contributed by atoms with van der Waals surface area (Å²) in [6, 6.07) is 0.0597. The normalized spacial score (nSPS) is 20.3. The molecule has 1 aromatic rings. The average Bonchev–Trinajstić information content (AvgIpc) is 2.28. The molecule has 1 aromatic heterocycles. The minimum absolute atomic E-state index is 0.0411. The molecule has 0 aromatic carbocycles. The van der Waals surface area contributed by atoms with Crippen molar-refractivity contribution in [1.82, 2.24) is 15.3 Å². The molecule has 1 aliphatic heterocycles. The highest BCUT2D eigenvalue weighted by Gasteiger charge is 2.19. The molecule has 7 heteroatoms. The first-order chi connectivity index (χ1) is 7.66. The minimum atomic E-state index is -0.376. The lowest BCUT2D eigenvalue weighted by molar-refractivity contribution is -0.122. The van der Waals surface area contributed by atoms with E-state index in [1.165, 1.54) is 6.33 Å². The molecule has 2 heterocycles. The van der Waals surface area contributed by atoms with Crippen LogP contribution in [-0.4, -0.2) is 28.5 Å². The summed E-state index contributed by atoms with van der Waals surface area (Å²) in [7, 11) is 0. The predicted octanol–water partition coefficient (Wildman–Crippen LogP) is 0.114. The SMILES string of the molecule is O=C1CCC(Nc2nc[nH]c(=O)c2Cl)CN1. The Morgan fingerprint density at radius 3 is 3.00 bits per heavy atom. The molecule has 6 nitrogen and oxygen atoms in total. The summed E-state index contributed by atoms with van der Waals surface area (Å²) in [6.07, 6.45) is 2.47. The second-order valence-corrected chi connectivity index (χ2v) is 3.96. The van der Waals surface area contributed by atoms with Gasteiger partial charge in [-0.2, -0.15) is 0 Å². The van der Waals surface area contributed by atoms with Gasteiger partial charge in [0, 0.05) is 19.0 Å². The quantitative estimate of drug-likeness (QED) is 0.687. The Labute approximate surface area is 96.4 Å². The number of nitrogens with zero attached hydrogens (tertiary/aromatic N) is 1. The van der Waals surface area contributed by atoms with Gasteiger partial charge < -0.3 is 15.6 Å². The van der Waals surface area contributed by atoms with E-state index in [9.17, 15) is 9.59 Å². The third-order valence-corrected chi connectivity index (χ3v) is 2.75. The van der Waals surface area contributed by atoms with Crippen LogP contribution in [0.2, 0.25) is 5.02 Å². The van der Waals surface area contributed by atoms with Crippen molar-refractivity contribution in [3.8, 4) is 0 Å². The van der Waals surface area contributed by atoms with E-state index in [4.69, 9.17) is 11.6 Å². The van der Waals surface area contributed by atoms with E-state index >= 15 is 0 Å². The number of carbonyl (C=O) groups excluding carboxylic acids is 1. The number of halogens is 1. The zero-order chi connectivity index (χ0) is 11.5. The van der Waals surface area contributed by atoms with E-state index in [2.05, 4.69) is 20.6 Å². The number of nitrogens with one attached hydrogen (secondary N) is 3. The summed E-state index contributed by atoms with van der Waals surface area (Å²) < 4.78 is 0. The fraction of sp³-hybridized carbons (Fsp3) is 0.444. The van der Waals surface area contributed by atoms with Crippen LogP contribution in [0, 0.1) is 0 Å². The number of hydrogen-bond acceptors (Lipinski definition) is 4. The molecule has 3 N–H and O–H groups in total. The molecule has 16 heavy (non-hydrogen) atoms. The maximum Gasteiger partial charge on any atom is 0.271 e. The van der Waals surface area contributed by atoms with Gasteiger partial charge >= 0.3 is 0 Å². The molecule has 1 amide bonds. The number of rotatable bonds is 2. The number of carbonyl (C=O) groups is 1. The first-order valence-corrected chi connectivity index (χ1v) is 5.31. The molecular weight excluding hydrogens is 232 g/mol. The number of H-pyrrole nitrogens is 1. The van der Waals surface area contributed by atoms with Crippen molar-refractivity contribution in [2.24, 2.45) is 0 Å². The maximum atomic E-state index is 11.2. The Kier molecular flexibility index (Phi) is 3.09. The summed E-state index contributed by atoms with van der Waals surface area (Å²) in [6.45, 7) is 0.518. The van der Waals surface area contributed by atoms with Gasteiger partial charge in [0.25, 0.3) is 5.56 Å². The van der Waals surface area contributed by atoms with Crippen molar-refractivity contribution in [1.29, 1.82) is 0 Å². The smallest absolute Gasteiger partial charge is 0.271 e. The molecule has 86 valence electrons. The van der Waals surface area contributed by atoms with E-state index < -0.39 is 0 Å². The number of aromatic nitrogens is 2. The predicted molar refractivity (Wildman–Crippen MR) is 59.5 cm³/mol.